The van der Waals surface area contributed by atoms with Crippen molar-refractivity contribution in [2.24, 2.45) is 7.05 Å². The normalized spacial score (nSPS) is 21.0. The predicted molar refractivity (Wildman–Crippen MR) is 82.5 cm³/mol. The quantitative estimate of drug-likeness (QED) is 0.926. The van der Waals surface area contributed by atoms with Crippen LogP contribution in [0.15, 0.2) is 30.6 Å². The number of ether oxygens (including phenoxy) is 1. The summed E-state index contributed by atoms with van der Waals surface area (Å²) in [5, 5.41) is 19.0. The van der Waals surface area contributed by atoms with Crippen molar-refractivity contribution in [1.82, 2.24) is 19.7 Å². The lowest BCUT2D eigenvalue weighted by Gasteiger charge is -2.33. The van der Waals surface area contributed by atoms with E-state index in [1.54, 1.807) is 12.4 Å². The fraction of sp³-hybridized carbons (Fsp3) is 0.467. The Hall–Kier alpha value is -1.47. The summed E-state index contributed by atoms with van der Waals surface area (Å²) in [4.78, 5) is 2.16. The van der Waals surface area contributed by atoms with Gasteiger partial charge in [-0.05, 0) is 6.07 Å². The van der Waals surface area contributed by atoms with Gasteiger partial charge in [0.15, 0.2) is 5.82 Å². The lowest BCUT2D eigenvalue weighted by molar-refractivity contribution is -0.0473. The third kappa shape index (κ3) is 3.30. The van der Waals surface area contributed by atoms with Gasteiger partial charge in [-0.1, -0.05) is 29.8 Å². The third-order valence-electron chi connectivity index (χ3n) is 3.88. The fourth-order valence-corrected chi connectivity index (χ4v) is 2.96. The molecule has 0 bridgehead atoms. The first-order valence-electron chi connectivity index (χ1n) is 7.25. The van der Waals surface area contributed by atoms with Gasteiger partial charge in [-0.2, -0.15) is 0 Å². The number of aliphatic hydroxyl groups is 1. The molecule has 0 unspecified atom stereocenters. The summed E-state index contributed by atoms with van der Waals surface area (Å²) in [6.07, 6.45) is 0.919. The zero-order valence-corrected chi connectivity index (χ0v) is 13.1. The van der Waals surface area contributed by atoms with Crippen LogP contribution in [0.2, 0.25) is 5.02 Å². The second-order valence-corrected chi connectivity index (χ2v) is 5.86. The van der Waals surface area contributed by atoms with Gasteiger partial charge < -0.3 is 14.4 Å². The van der Waals surface area contributed by atoms with Crippen molar-refractivity contribution in [2.75, 3.05) is 26.2 Å². The maximum absolute atomic E-state index is 10.4. The van der Waals surface area contributed by atoms with Crippen LogP contribution < -0.4 is 0 Å². The molecule has 7 heteroatoms. The average Bonchev–Trinajstić information content (AvgIpc) is 2.94. The van der Waals surface area contributed by atoms with Crippen LogP contribution >= 0.6 is 11.6 Å². The summed E-state index contributed by atoms with van der Waals surface area (Å²) >= 11 is 6.14. The number of nitrogens with zero attached hydrogens (tertiary/aromatic N) is 4. The molecule has 118 valence electrons. The summed E-state index contributed by atoms with van der Waals surface area (Å²) in [5.74, 6) is 0.803. The Morgan fingerprint density at radius 1 is 1.45 bits per heavy atom. The third-order valence-corrected chi connectivity index (χ3v) is 4.22. The number of rotatable bonds is 4. The molecule has 1 saturated heterocycles. The van der Waals surface area contributed by atoms with Crippen LogP contribution in [0, 0.1) is 0 Å². The first-order chi connectivity index (χ1) is 10.6. The molecule has 22 heavy (non-hydrogen) atoms. The molecular weight excluding hydrogens is 304 g/mol. The van der Waals surface area contributed by atoms with E-state index in [1.807, 2.05) is 29.8 Å². The summed E-state index contributed by atoms with van der Waals surface area (Å²) in [5.41, 5.74) is 0.755. The molecule has 2 aromatic rings. The van der Waals surface area contributed by atoms with Gasteiger partial charge >= 0.3 is 0 Å². The van der Waals surface area contributed by atoms with Crippen LogP contribution in [-0.2, 0) is 11.8 Å². The van der Waals surface area contributed by atoms with E-state index < -0.39 is 6.10 Å². The number of aliphatic hydroxyl groups excluding tert-OH is 1. The first-order valence-corrected chi connectivity index (χ1v) is 7.63. The van der Waals surface area contributed by atoms with E-state index >= 15 is 0 Å². The van der Waals surface area contributed by atoms with Crippen molar-refractivity contribution in [3.63, 3.8) is 0 Å². The van der Waals surface area contributed by atoms with E-state index in [0.29, 0.717) is 24.7 Å². The minimum absolute atomic E-state index is 0.125. The molecule has 0 spiro atoms. The predicted octanol–water partition coefficient (Wildman–Crippen LogP) is 1.58. The van der Waals surface area contributed by atoms with Gasteiger partial charge in [0.25, 0.3) is 0 Å². The highest BCUT2D eigenvalue weighted by Gasteiger charge is 2.27. The van der Waals surface area contributed by atoms with E-state index in [2.05, 4.69) is 15.1 Å². The number of aromatic nitrogens is 3. The molecule has 2 heterocycles. The van der Waals surface area contributed by atoms with Crippen LogP contribution in [0.4, 0.5) is 0 Å². The van der Waals surface area contributed by atoms with Crippen LogP contribution in [-0.4, -0.2) is 51.0 Å². The molecule has 6 nitrogen and oxygen atoms in total. The van der Waals surface area contributed by atoms with Crippen LogP contribution in [0.25, 0.3) is 0 Å². The van der Waals surface area contributed by atoms with Crippen molar-refractivity contribution in [1.29, 1.82) is 0 Å². The van der Waals surface area contributed by atoms with Crippen molar-refractivity contribution in [3.05, 3.63) is 47.0 Å². The Morgan fingerprint density at radius 3 is 3.00 bits per heavy atom. The number of hydrogen-bond donors (Lipinski definition) is 1. The zero-order chi connectivity index (χ0) is 15.5. The van der Waals surface area contributed by atoms with Gasteiger partial charge in [-0.3, -0.25) is 4.90 Å². The molecule has 1 aliphatic heterocycles. The molecule has 3 rings (SSSR count). The minimum Gasteiger partial charge on any atom is -0.387 e. The second kappa shape index (κ2) is 6.75. The van der Waals surface area contributed by atoms with Gasteiger partial charge in [0.05, 0.1) is 12.7 Å². The smallest absolute Gasteiger partial charge is 0.163 e. The molecule has 1 N–H and O–H groups in total. The highest BCUT2D eigenvalue weighted by Crippen LogP contribution is 2.25. The molecule has 0 amide bonds. The molecule has 1 aromatic carbocycles. The number of aryl methyl sites for hydroxylation is 1. The standard InChI is InChI=1S/C15H19ClN4O2/c1-19-10-17-18-15(19)14-9-20(6-7-22-14)8-13(21)11-4-2-3-5-12(11)16/h2-5,10,13-14,21H,6-9H2,1H3/t13-,14-/m0/s1. The van der Waals surface area contributed by atoms with Crippen molar-refractivity contribution < 1.29 is 9.84 Å². The monoisotopic (exact) mass is 322 g/mol. The van der Waals surface area contributed by atoms with Gasteiger partial charge in [-0.15, -0.1) is 10.2 Å². The summed E-state index contributed by atoms with van der Waals surface area (Å²) in [6, 6.07) is 7.39. The van der Waals surface area contributed by atoms with Crippen molar-refractivity contribution in [2.45, 2.75) is 12.2 Å². The minimum atomic E-state index is -0.619. The molecule has 1 aliphatic rings. The molecule has 0 radical (unpaired) electrons. The van der Waals surface area contributed by atoms with Gasteiger partial charge in [0.2, 0.25) is 0 Å². The van der Waals surface area contributed by atoms with E-state index in [0.717, 1.165) is 17.9 Å². The van der Waals surface area contributed by atoms with Gasteiger partial charge in [0.1, 0.15) is 12.4 Å². The number of halogens is 1. The van der Waals surface area contributed by atoms with E-state index in [1.165, 1.54) is 0 Å². The van der Waals surface area contributed by atoms with Gasteiger partial charge in [0, 0.05) is 37.3 Å². The Kier molecular flexibility index (Phi) is 4.73. The maximum Gasteiger partial charge on any atom is 0.163 e. The number of morpholine rings is 1. The average molecular weight is 323 g/mol. The topological polar surface area (TPSA) is 63.4 Å². The zero-order valence-electron chi connectivity index (χ0n) is 12.4. The van der Waals surface area contributed by atoms with Crippen LogP contribution in [0.5, 0.6) is 0 Å². The second-order valence-electron chi connectivity index (χ2n) is 5.46. The molecule has 1 aromatic heterocycles. The Bertz CT molecular complexity index is 634. The highest BCUT2D eigenvalue weighted by atomic mass is 35.5. The lowest BCUT2D eigenvalue weighted by Crippen LogP contribution is -2.41. The Morgan fingerprint density at radius 2 is 2.27 bits per heavy atom. The molecular formula is C15H19ClN4O2. The SMILES string of the molecule is Cn1cnnc1[C@@H]1CN(C[C@H](O)c2ccccc2Cl)CCO1. The fourth-order valence-electron chi connectivity index (χ4n) is 2.70. The largest absolute Gasteiger partial charge is 0.387 e. The van der Waals surface area contributed by atoms with Crippen LogP contribution in [0.1, 0.15) is 23.6 Å². The highest BCUT2D eigenvalue weighted by molar-refractivity contribution is 6.31. The first kappa shape index (κ1) is 15.4. The van der Waals surface area contributed by atoms with E-state index in [4.69, 9.17) is 16.3 Å². The Balaban J connectivity index is 1.66. The van der Waals surface area contributed by atoms with E-state index in [-0.39, 0.29) is 6.10 Å². The van der Waals surface area contributed by atoms with Crippen molar-refractivity contribution >= 4 is 11.6 Å². The summed E-state index contributed by atoms with van der Waals surface area (Å²) < 4.78 is 7.63. The van der Waals surface area contributed by atoms with Crippen LogP contribution in [0.3, 0.4) is 0 Å². The molecule has 0 aliphatic carbocycles. The summed E-state index contributed by atoms with van der Waals surface area (Å²) in [6.45, 7) is 2.57. The number of hydrogen-bond acceptors (Lipinski definition) is 5. The number of benzene rings is 1. The maximum atomic E-state index is 10.4. The molecule has 2 atom stereocenters. The Labute approximate surface area is 134 Å². The summed E-state index contributed by atoms with van der Waals surface area (Å²) in [7, 11) is 1.90. The molecule has 1 fully saturated rings. The van der Waals surface area contributed by atoms with Crippen molar-refractivity contribution in [3.8, 4) is 0 Å². The number of β-amino-alcohol motifs (C(OH)–C–C–N with tert-alkyl or cyclic N) is 1. The molecule has 0 saturated carbocycles. The van der Waals surface area contributed by atoms with E-state index in [9.17, 15) is 5.11 Å². The van der Waals surface area contributed by atoms with Gasteiger partial charge in [-0.25, -0.2) is 0 Å². The lowest BCUT2D eigenvalue weighted by atomic mass is 10.1.